The Morgan fingerprint density at radius 1 is 0.926 bits per heavy atom. The van der Waals surface area contributed by atoms with Crippen LogP contribution in [-0.4, -0.2) is 80.4 Å². The molecule has 0 saturated heterocycles. The summed E-state index contributed by atoms with van der Waals surface area (Å²) in [7, 11) is -12.8. The first-order chi connectivity index (χ1) is 24.4. The van der Waals surface area contributed by atoms with Crippen molar-refractivity contribution in [3.8, 4) is 11.5 Å². The molecule has 0 aliphatic heterocycles. The van der Waals surface area contributed by atoms with Crippen LogP contribution in [0.25, 0.3) is 10.8 Å². The van der Waals surface area contributed by atoms with Crippen molar-refractivity contribution in [3.05, 3.63) is 72.0 Å². The fourth-order valence-electron chi connectivity index (χ4n) is 4.88. The standard InChI is InChI=1S/C30H28ClN7O11S3.2Na/c1-3-38(19-5-4-6-21(15-19)50(41,42)12-11-39)30-34-28(31)33-29(35-30)32-18-7-9-22-17(13-18)14-25(52(46,47)48)26(27(22)40)37-36-23-10-8-20(49-2)16-24(23)51(43,44)45;;/h4-10,13-16,39-40H,3,11-12H2,1-2H3,(H,43,44,45)(H,46,47,48)(H,32,33,34,35);;/q;2*+1/p-2. The van der Waals surface area contributed by atoms with Crippen molar-refractivity contribution in [2.24, 2.45) is 10.2 Å². The maximum absolute atomic E-state index is 13.5. The normalized spacial score (nSPS) is 11.9. The first-order valence-corrected chi connectivity index (χ1v) is 19.5. The van der Waals surface area contributed by atoms with E-state index in [1.807, 2.05) is 0 Å². The number of ether oxygens (including phenoxy) is 1. The molecule has 0 spiro atoms. The third-order valence-corrected chi connectivity index (χ3v) is 10.9. The van der Waals surface area contributed by atoms with Crippen LogP contribution in [0.5, 0.6) is 11.5 Å². The van der Waals surface area contributed by atoms with Crippen LogP contribution in [-0.2, 0) is 30.1 Å². The Morgan fingerprint density at radius 3 is 2.28 bits per heavy atom. The first kappa shape index (κ1) is 45.4. The van der Waals surface area contributed by atoms with Gasteiger partial charge in [-0.05, 0) is 83.9 Å². The number of aliphatic hydroxyl groups excluding tert-OH is 1. The maximum atomic E-state index is 13.5. The van der Waals surface area contributed by atoms with Gasteiger partial charge < -0.3 is 29.7 Å². The van der Waals surface area contributed by atoms with Gasteiger partial charge >= 0.3 is 59.1 Å². The van der Waals surface area contributed by atoms with Crippen molar-refractivity contribution in [3.63, 3.8) is 0 Å². The van der Waals surface area contributed by atoms with Crippen molar-refractivity contribution >= 4 is 87.1 Å². The number of fused-ring (bicyclic) bond motifs is 1. The van der Waals surface area contributed by atoms with E-state index in [0.717, 1.165) is 18.2 Å². The summed E-state index contributed by atoms with van der Waals surface area (Å²) in [5, 5.41) is 32.5. The van der Waals surface area contributed by atoms with Crippen molar-refractivity contribution < 1.29 is 108 Å². The Balaban J connectivity index is 0.00000392. The second-order valence-corrected chi connectivity index (χ2v) is 15.8. The van der Waals surface area contributed by atoms with Crippen LogP contribution < -0.4 is 79.2 Å². The van der Waals surface area contributed by atoms with E-state index in [2.05, 4.69) is 30.5 Å². The Hall–Kier alpha value is -3.03. The Kier molecular flexibility index (Phi) is 15.4. The zero-order valence-electron chi connectivity index (χ0n) is 28.8. The second kappa shape index (κ2) is 18.3. The Bertz CT molecular complexity index is 2570. The van der Waals surface area contributed by atoms with E-state index >= 15 is 0 Å². The van der Waals surface area contributed by atoms with Gasteiger partial charge in [-0.2, -0.15) is 23.4 Å². The van der Waals surface area contributed by atoms with Crippen LogP contribution >= 0.6 is 11.6 Å². The largest absolute Gasteiger partial charge is 1.00 e. The number of benzene rings is 4. The Labute approximate surface area is 358 Å². The van der Waals surface area contributed by atoms with Gasteiger partial charge in [-0.1, -0.05) is 17.9 Å². The summed E-state index contributed by atoms with van der Waals surface area (Å²) in [5.41, 5.74) is -0.762. The molecule has 0 amide bonds. The van der Waals surface area contributed by atoms with E-state index in [-0.39, 0.29) is 110 Å². The third-order valence-electron chi connectivity index (χ3n) is 7.26. The van der Waals surface area contributed by atoms with Gasteiger partial charge in [-0.15, -0.1) is 10.2 Å². The van der Waals surface area contributed by atoms with Crippen LogP contribution in [0.2, 0.25) is 5.28 Å². The molecule has 0 radical (unpaired) electrons. The van der Waals surface area contributed by atoms with E-state index in [4.69, 9.17) is 21.4 Å². The fraction of sp³-hybridized carbons (Fsp3) is 0.167. The van der Waals surface area contributed by atoms with Crippen LogP contribution in [0.1, 0.15) is 6.92 Å². The molecule has 274 valence electrons. The Morgan fingerprint density at radius 2 is 1.65 bits per heavy atom. The minimum atomic E-state index is -5.12. The molecule has 5 rings (SSSR count). The number of aliphatic hydroxyl groups is 1. The van der Waals surface area contributed by atoms with Crippen molar-refractivity contribution in [1.82, 2.24) is 15.0 Å². The van der Waals surface area contributed by atoms with Gasteiger partial charge in [0.1, 0.15) is 26.5 Å². The number of methoxy groups -OCH3 is 1. The predicted molar refractivity (Wildman–Crippen MR) is 185 cm³/mol. The monoisotopic (exact) mass is 837 g/mol. The number of rotatable bonds is 13. The van der Waals surface area contributed by atoms with Gasteiger partial charge in [0, 0.05) is 17.9 Å². The zero-order valence-corrected chi connectivity index (χ0v) is 36.0. The van der Waals surface area contributed by atoms with Crippen molar-refractivity contribution in [2.75, 3.05) is 36.2 Å². The maximum Gasteiger partial charge on any atom is 1.00 e. The molecule has 3 N–H and O–H groups in total. The molecule has 0 unspecified atom stereocenters. The molecule has 0 atom stereocenters. The van der Waals surface area contributed by atoms with Gasteiger partial charge in [0.25, 0.3) is 10.1 Å². The number of halogens is 1. The van der Waals surface area contributed by atoms with E-state index in [1.54, 1.807) is 17.9 Å². The predicted octanol–water partition coefficient (Wildman–Crippen LogP) is -2.00. The molecule has 0 aliphatic carbocycles. The van der Waals surface area contributed by atoms with Gasteiger partial charge in [0.15, 0.2) is 9.84 Å². The molecule has 5 aromatic rings. The third kappa shape index (κ3) is 10.4. The number of azo groups is 1. The second-order valence-electron chi connectivity index (χ2n) is 10.6. The van der Waals surface area contributed by atoms with Crippen molar-refractivity contribution in [1.29, 1.82) is 0 Å². The first-order valence-electron chi connectivity index (χ1n) is 14.7. The van der Waals surface area contributed by atoms with Crippen LogP contribution in [0.15, 0.2) is 91.6 Å². The minimum Gasteiger partial charge on any atom is -0.871 e. The van der Waals surface area contributed by atoms with Gasteiger partial charge in [0.05, 0.1) is 34.9 Å². The van der Waals surface area contributed by atoms with Crippen LogP contribution in [0.4, 0.5) is 34.6 Å². The molecular formula is C30H26ClN7Na2O11S3. The van der Waals surface area contributed by atoms with Crippen LogP contribution in [0.3, 0.4) is 0 Å². The summed E-state index contributed by atoms with van der Waals surface area (Å²) in [4.78, 5) is 12.3. The molecule has 1 aromatic heterocycles. The SMILES string of the molecule is CCN(c1cccc(S(=O)(=O)CCO)c1)c1nc(Cl)nc(Nc2ccc3c([O-])c(N=Nc4ccc(OC)cc4S(=O)(=O)[O-])c(S(=O)(=O)O)cc3c2)n1.[Na+].[Na+]. The van der Waals surface area contributed by atoms with Crippen molar-refractivity contribution in [2.45, 2.75) is 21.6 Å². The average molecular weight is 838 g/mol. The number of anilines is 4. The summed E-state index contributed by atoms with van der Waals surface area (Å²) in [5.74, 6) is -1.54. The molecule has 0 fully saturated rings. The summed E-state index contributed by atoms with van der Waals surface area (Å²) >= 11 is 6.21. The zero-order chi connectivity index (χ0) is 38.0. The van der Waals surface area contributed by atoms with E-state index in [1.165, 1.54) is 49.6 Å². The number of nitrogens with zero attached hydrogens (tertiary/aromatic N) is 6. The topological polar surface area (TPSA) is 277 Å². The number of nitrogens with one attached hydrogen (secondary N) is 1. The quantitative estimate of drug-likeness (QED) is 0.0657. The molecule has 54 heavy (non-hydrogen) atoms. The van der Waals surface area contributed by atoms with E-state index in [9.17, 15) is 39.5 Å². The van der Waals surface area contributed by atoms with E-state index in [0.29, 0.717) is 5.69 Å². The minimum absolute atomic E-state index is 0. The molecule has 0 saturated carbocycles. The average Bonchev–Trinajstić information content (AvgIpc) is 3.07. The smallest absolute Gasteiger partial charge is 0.871 e. The van der Waals surface area contributed by atoms with Gasteiger partial charge in [-0.3, -0.25) is 4.55 Å². The number of aromatic nitrogens is 3. The summed E-state index contributed by atoms with van der Waals surface area (Å²) < 4.78 is 100. The molecule has 0 aliphatic rings. The number of sulfone groups is 1. The summed E-state index contributed by atoms with van der Waals surface area (Å²) in [6, 6.07) is 14.1. The number of hydrogen-bond donors (Lipinski definition) is 3. The summed E-state index contributed by atoms with van der Waals surface area (Å²) in [6.45, 7) is 1.46. The van der Waals surface area contributed by atoms with Gasteiger partial charge in [-0.25, -0.2) is 16.8 Å². The summed E-state index contributed by atoms with van der Waals surface area (Å²) in [6.07, 6.45) is 0. The number of hydrogen-bond acceptors (Lipinski definition) is 17. The van der Waals surface area contributed by atoms with Crippen LogP contribution in [0, 0.1) is 0 Å². The molecule has 24 heteroatoms. The molecule has 4 aromatic carbocycles. The molecule has 18 nitrogen and oxygen atoms in total. The van der Waals surface area contributed by atoms with E-state index < -0.39 is 69.3 Å². The molecule has 0 bridgehead atoms. The molecule has 1 heterocycles. The fourth-order valence-corrected chi connectivity index (χ4v) is 7.38. The van der Waals surface area contributed by atoms with Gasteiger partial charge in [0.2, 0.25) is 17.2 Å². The molecular weight excluding hydrogens is 812 g/mol.